The van der Waals surface area contributed by atoms with E-state index in [1.54, 1.807) is 23.6 Å². The maximum atomic E-state index is 11.5. The fourth-order valence-corrected chi connectivity index (χ4v) is 7.47. The Morgan fingerprint density at radius 1 is 1.29 bits per heavy atom. The number of nitrogens with two attached hydrogens (primary N) is 3. The minimum Gasteiger partial charge on any atom is -0.506 e. The SMILES string of the molecule is C#C[C@H]1[C@H](C)NCCCN1c1nccc(/C(O)=C2\CCC[C@@]3(CCCc4sc(N)c(N)c43)[C@@H]2N)n1. The quantitative estimate of drug-likeness (QED) is 0.318. The van der Waals surface area contributed by atoms with Crippen LogP contribution >= 0.6 is 11.3 Å². The molecule has 1 saturated heterocycles. The van der Waals surface area contributed by atoms with Crippen LogP contribution in [0, 0.1) is 12.3 Å². The van der Waals surface area contributed by atoms with Crippen molar-refractivity contribution >= 4 is 33.7 Å². The Morgan fingerprint density at radius 3 is 2.83 bits per heavy atom. The second-order valence-electron chi connectivity index (χ2n) is 10.0. The van der Waals surface area contributed by atoms with Crippen LogP contribution in [0.1, 0.15) is 61.6 Å². The van der Waals surface area contributed by atoms with Crippen LogP contribution in [0.5, 0.6) is 0 Å². The summed E-state index contributed by atoms with van der Waals surface area (Å²) < 4.78 is 0. The molecule has 0 bridgehead atoms. The molecule has 0 unspecified atom stereocenters. The van der Waals surface area contributed by atoms with E-state index in [2.05, 4.69) is 28.0 Å². The highest BCUT2D eigenvalue weighted by molar-refractivity contribution is 7.16. The number of hydrogen-bond donors (Lipinski definition) is 5. The molecule has 0 radical (unpaired) electrons. The van der Waals surface area contributed by atoms with Crippen molar-refractivity contribution in [2.45, 2.75) is 75.4 Å². The highest BCUT2D eigenvalue weighted by Gasteiger charge is 2.48. The topological polar surface area (TPSA) is 139 Å². The second-order valence-corrected chi connectivity index (χ2v) is 11.2. The molecule has 2 fully saturated rings. The van der Waals surface area contributed by atoms with E-state index in [4.69, 9.17) is 28.6 Å². The molecule has 3 aliphatic rings. The lowest BCUT2D eigenvalue weighted by molar-refractivity contribution is 0.259. The molecular weight excluding hydrogens is 458 g/mol. The number of hydrogen-bond acceptors (Lipinski definition) is 9. The molecule has 1 aliphatic heterocycles. The van der Waals surface area contributed by atoms with Gasteiger partial charge < -0.3 is 32.5 Å². The van der Waals surface area contributed by atoms with Crippen LogP contribution in [-0.4, -0.2) is 46.3 Å². The van der Waals surface area contributed by atoms with Crippen LogP contribution in [-0.2, 0) is 11.8 Å². The summed E-state index contributed by atoms with van der Waals surface area (Å²) in [5.41, 5.74) is 22.5. The number of aliphatic hydroxyl groups excluding tert-OH is 1. The number of thiophene rings is 1. The number of rotatable bonds is 2. The molecule has 2 aliphatic carbocycles. The minimum atomic E-state index is -0.356. The molecule has 9 heteroatoms. The van der Waals surface area contributed by atoms with Crippen LogP contribution in [0.4, 0.5) is 16.6 Å². The van der Waals surface area contributed by atoms with Crippen LogP contribution in [0.2, 0.25) is 0 Å². The lowest BCUT2D eigenvalue weighted by atomic mass is 9.59. The summed E-state index contributed by atoms with van der Waals surface area (Å²) in [6.07, 6.45) is 14.0. The predicted octanol–water partition coefficient (Wildman–Crippen LogP) is 2.95. The molecule has 0 aromatic carbocycles. The van der Waals surface area contributed by atoms with Crippen molar-refractivity contribution in [1.29, 1.82) is 0 Å². The Kier molecular flexibility index (Phi) is 6.38. The van der Waals surface area contributed by atoms with Gasteiger partial charge in [-0.15, -0.1) is 17.8 Å². The van der Waals surface area contributed by atoms with Crippen LogP contribution in [0.25, 0.3) is 5.76 Å². The van der Waals surface area contributed by atoms with Gasteiger partial charge in [-0.05, 0) is 75.6 Å². The minimum absolute atomic E-state index is 0.109. The molecule has 5 rings (SSSR count). The highest BCUT2D eigenvalue weighted by atomic mass is 32.1. The van der Waals surface area contributed by atoms with E-state index >= 15 is 0 Å². The van der Waals surface area contributed by atoms with Gasteiger partial charge >= 0.3 is 0 Å². The van der Waals surface area contributed by atoms with E-state index in [-0.39, 0.29) is 29.3 Å². The molecular formula is C26H35N7OS. The van der Waals surface area contributed by atoms with Gasteiger partial charge in [0, 0.05) is 35.1 Å². The van der Waals surface area contributed by atoms with Crippen LogP contribution < -0.4 is 27.4 Å². The summed E-state index contributed by atoms with van der Waals surface area (Å²) in [6, 6.07) is 1.33. The Balaban J connectivity index is 1.53. The number of aliphatic hydroxyl groups is 1. The Labute approximate surface area is 211 Å². The zero-order valence-electron chi connectivity index (χ0n) is 20.3. The van der Waals surface area contributed by atoms with Gasteiger partial charge in [0.1, 0.15) is 22.5 Å². The summed E-state index contributed by atoms with van der Waals surface area (Å²) in [5.74, 6) is 3.56. The number of aromatic nitrogens is 2. The Hall–Kier alpha value is -2.80. The summed E-state index contributed by atoms with van der Waals surface area (Å²) in [6.45, 7) is 3.71. The number of aryl methyl sites for hydroxylation is 1. The average Bonchev–Trinajstić information content (AvgIpc) is 3.03. The van der Waals surface area contributed by atoms with E-state index in [0.29, 0.717) is 22.3 Å². The first kappa shape index (κ1) is 23.9. The van der Waals surface area contributed by atoms with E-state index in [1.807, 2.05) is 0 Å². The van der Waals surface area contributed by atoms with Gasteiger partial charge in [0.25, 0.3) is 0 Å². The van der Waals surface area contributed by atoms with Crippen molar-refractivity contribution in [3.8, 4) is 12.3 Å². The maximum absolute atomic E-state index is 11.5. The van der Waals surface area contributed by atoms with Crippen molar-refractivity contribution in [2.75, 3.05) is 29.5 Å². The number of anilines is 3. The third-order valence-electron chi connectivity index (χ3n) is 8.08. The number of nitrogens with zero attached hydrogens (tertiary/aromatic N) is 3. The van der Waals surface area contributed by atoms with Gasteiger partial charge in [-0.1, -0.05) is 5.92 Å². The number of fused-ring (bicyclic) bond motifs is 2. The average molecular weight is 494 g/mol. The molecule has 4 atom stereocenters. The number of nitrogen functional groups attached to an aromatic ring is 2. The fourth-order valence-electron chi connectivity index (χ4n) is 6.33. The molecule has 8 nitrogen and oxygen atoms in total. The summed E-state index contributed by atoms with van der Waals surface area (Å²) in [4.78, 5) is 12.6. The molecule has 1 spiro atoms. The summed E-state index contributed by atoms with van der Waals surface area (Å²) in [5, 5.41) is 15.6. The fraction of sp³-hybridized carbons (Fsp3) is 0.538. The standard InChI is InChI=1S/C26H35N7OS/c1-3-18-15(2)30-12-6-14-33(18)25-31-13-9-17(32-25)22(34)16-7-4-10-26(23(16)28)11-5-8-19-20(26)21(27)24(29)35-19/h1,9,13,15,18,23,30,34H,4-8,10-12,14,27-29H2,2H3/b22-16-/t15-,18-,23+,26-/m0/s1. The first-order chi connectivity index (χ1) is 16.9. The predicted molar refractivity (Wildman–Crippen MR) is 143 cm³/mol. The zero-order chi connectivity index (χ0) is 24.7. The smallest absolute Gasteiger partial charge is 0.227 e. The van der Waals surface area contributed by atoms with Gasteiger partial charge in [-0.2, -0.15) is 0 Å². The molecule has 3 heterocycles. The molecule has 186 valence electrons. The molecule has 0 amide bonds. The van der Waals surface area contributed by atoms with Crippen molar-refractivity contribution in [3.05, 3.63) is 34.0 Å². The van der Waals surface area contributed by atoms with Crippen molar-refractivity contribution in [1.82, 2.24) is 15.3 Å². The highest BCUT2D eigenvalue weighted by Crippen LogP contribution is 2.54. The van der Waals surface area contributed by atoms with E-state index in [9.17, 15) is 5.11 Å². The molecule has 2 aromatic heterocycles. The summed E-state index contributed by atoms with van der Waals surface area (Å²) in [7, 11) is 0. The van der Waals surface area contributed by atoms with Crippen LogP contribution in [0.3, 0.4) is 0 Å². The summed E-state index contributed by atoms with van der Waals surface area (Å²) >= 11 is 1.59. The number of nitrogens with one attached hydrogen (secondary N) is 1. The van der Waals surface area contributed by atoms with E-state index < -0.39 is 0 Å². The van der Waals surface area contributed by atoms with Crippen molar-refractivity contribution in [3.63, 3.8) is 0 Å². The Bertz CT molecular complexity index is 1180. The first-order valence-corrected chi connectivity index (χ1v) is 13.3. The van der Waals surface area contributed by atoms with Gasteiger partial charge in [0.2, 0.25) is 5.95 Å². The third kappa shape index (κ3) is 3.94. The Morgan fingerprint density at radius 2 is 2.06 bits per heavy atom. The van der Waals surface area contributed by atoms with E-state index in [0.717, 1.165) is 69.2 Å². The second kappa shape index (κ2) is 9.34. The largest absolute Gasteiger partial charge is 0.506 e. The van der Waals surface area contributed by atoms with Gasteiger partial charge in [-0.3, -0.25) is 0 Å². The van der Waals surface area contributed by atoms with E-state index in [1.165, 1.54) is 4.88 Å². The molecule has 35 heavy (non-hydrogen) atoms. The van der Waals surface area contributed by atoms with Crippen molar-refractivity contribution in [2.24, 2.45) is 5.73 Å². The number of terminal acetylenes is 1. The van der Waals surface area contributed by atoms with Crippen molar-refractivity contribution < 1.29 is 5.11 Å². The van der Waals surface area contributed by atoms with Gasteiger partial charge in [0.15, 0.2) is 0 Å². The third-order valence-corrected chi connectivity index (χ3v) is 9.17. The monoisotopic (exact) mass is 493 g/mol. The lowest BCUT2D eigenvalue weighted by Gasteiger charge is -2.47. The molecule has 8 N–H and O–H groups in total. The normalized spacial score (nSPS) is 30.4. The molecule has 2 aromatic rings. The molecule has 1 saturated carbocycles. The lowest BCUT2D eigenvalue weighted by Crippen LogP contribution is -2.51. The van der Waals surface area contributed by atoms with Gasteiger partial charge in [0.05, 0.1) is 5.69 Å². The van der Waals surface area contributed by atoms with Gasteiger partial charge in [-0.25, -0.2) is 9.97 Å². The maximum Gasteiger partial charge on any atom is 0.227 e. The zero-order valence-corrected chi connectivity index (χ0v) is 21.1. The first-order valence-electron chi connectivity index (χ1n) is 12.5. The van der Waals surface area contributed by atoms with Crippen LogP contribution in [0.15, 0.2) is 17.8 Å².